The van der Waals surface area contributed by atoms with Crippen molar-refractivity contribution in [2.45, 2.75) is 13.8 Å². The molecule has 0 amide bonds. The number of carbonyl (C=O) groups excluding carboxylic acids is 3. The first kappa shape index (κ1) is 14.0. The van der Waals surface area contributed by atoms with E-state index in [0.717, 1.165) is 5.56 Å². The van der Waals surface area contributed by atoms with E-state index in [2.05, 4.69) is 5.32 Å². The molecule has 0 spiro atoms. The van der Waals surface area contributed by atoms with E-state index in [-0.39, 0.29) is 34.3 Å². The number of carbonyl (C=O) groups is 3. The van der Waals surface area contributed by atoms with Crippen molar-refractivity contribution in [1.82, 2.24) is 0 Å². The second-order valence-electron chi connectivity index (χ2n) is 5.16. The molecule has 0 aliphatic heterocycles. The first-order valence-corrected chi connectivity index (χ1v) is 6.75. The van der Waals surface area contributed by atoms with Crippen molar-refractivity contribution in [2.75, 3.05) is 5.32 Å². The number of Topliss-reactive ketones (excluding diaryl/α,β-unsaturated/α-hetero) is 2. The lowest BCUT2D eigenvalue weighted by Crippen LogP contribution is -2.20. The first-order chi connectivity index (χ1) is 10.5. The molecule has 0 bridgehead atoms. The molecule has 3 rings (SSSR count). The van der Waals surface area contributed by atoms with E-state index < -0.39 is 5.78 Å². The number of furan rings is 1. The molecule has 0 fully saturated rings. The minimum atomic E-state index is -0.441. The van der Waals surface area contributed by atoms with Gasteiger partial charge in [-0.25, -0.2) is 0 Å². The monoisotopic (exact) mass is 295 g/mol. The Morgan fingerprint density at radius 3 is 2.64 bits per heavy atom. The molecule has 0 saturated carbocycles. The number of fused-ring (bicyclic) bond motifs is 1. The van der Waals surface area contributed by atoms with Gasteiger partial charge in [-0.15, -0.1) is 0 Å². The van der Waals surface area contributed by atoms with Gasteiger partial charge in [-0.05, 0) is 30.7 Å². The van der Waals surface area contributed by atoms with Crippen LogP contribution in [0, 0.1) is 6.92 Å². The summed E-state index contributed by atoms with van der Waals surface area (Å²) in [7, 11) is 0. The Hall–Kier alpha value is -2.95. The third kappa shape index (κ3) is 2.37. The van der Waals surface area contributed by atoms with Crippen LogP contribution in [0.15, 0.2) is 46.5 Å². The Morgan fingerprint density at radius 2 is 1.95 bits per heavy atom. The topological polar surface area (TPSA) is 76.4 Å². The Morgan fingerprint density at radius 1 is 1.18 bits per heavy atom. The van der Waals surface area contributed by atoms with Gasteiger partial charge in [0.15, 0.2) is 23.1 Å². The van der Waals surface area contributed by atoms with E-state index in [1.54, 1.807) is 6.07 Å². The maximum Gasteiger partial charge on any atom is 0.245 e. The normalized spacial score (nSPS) is 13.6. The maximum atomic E-state index is 12.4. The number of hydrogen-bond acceptors (Lipinski definition) is 5. The zero-order valence-electron chi connectivity index (χ0n) is 12.1. The van der Waals surface area contributed by atoms with Crippen LogP contribution < -0.4 is 5.32 Å². The van der Waals surface area contributed by atoms with Crippen molar-refractivity contribution < 1.29 is 18.8 Å². The molecule has 0 atom stereocenters. The van der Waals surface area contributed by atoms with E-state index in [1.165, 1.54) is 19.1 Å². The van der Waals surface area contributed by atoms with E-state index in [0.29, 0.717) is 5.69 Å². The molecule has 5 nitrogen and oxygen atoms in total. The minimum absolute atomic E-state index is 0.0110. The molecule has 1 heterocycles. The van der Waals surface area contributed by atoms with Gasteiger partial charge in [0.05, 0.1) is 11.3 Å². The molecule has 2 aromatic rings. The van der Waals surface area contributed by atoms with Crippen molar-refractivity contribution in [3.8, 4) is 0 Å². The van der Waals surface area contributed by atoms with Gasteiger partial charge in [-0.1, -0.05) is 12.1 Å². The van der Waals surface area contributed by atoms with Crippen molar-refractivity contribution in [2.24, 2.45) is 0 Å². The van der Waals surface area contributed by atoms with Gasteiger partial charge in [0.1, 0.15) is 0 Å². The number of anilines is 1. The van der Waals surface area contributed by atoms with Crippen LogP contribution >= 0.6 is 0 Å². The molecule has 110 valence electrons. The van der Waals surface area contributed by atoms with Crippen LogP contribution in [0.1, 0.15) is 44.0 Å². The van der Waals surface area contributed by atoms with Crippen LogP contribution in [-0.4, -0.2) is 17.3 Å². The van der Waals surface area contributed by atoms with E-state index in [1.807, 2.05) is 25.1 Å². The van der Waals surface area contributed by atoms with Gasteiger partial charge < -0.3 is 9.73 Å². The zero-order valence-corrected chi connectivity index (χ0v) is 12.1. The molecule has 0 radical (unpaired) electrons. The average molecular weight is 295 g/mol. The highest BCUT2D eigenvalue weighted by molar-refractivity contribution is 6.24. The first-order valence-electron chi connectivity index (χ1n) is 6.75. The highest BCUT2D eigenvalue weighted by atomic mass is 16.4. The summed E-state index contributed by atoms with van der Waals surface area (Å²) >= 11 is 0. The fraction of sp³-hybridized carbons (Fsp3) is 0.118. The van der Waals surface area contributed by atoms with Gasteiger partial charge in [0.25, 0.3) is 0 Å². The maximum absolute atomic E-state index is 12.4. The van der Waals surface area contributed by atoms with E-state index in [4.69, 9.17) is 4.42 Å². The molecule has 1 aromatic carbocycles. The summed E-state index contributed by atoms with van der Waals surface area (Å²) < 4.78 is 5.24. The number of allylic oxidation sites excluding steroid dienone is 2. The second-order valence-corrected chi connectivity index (χ2v) is 5.16. The molecule has 5 heteroatoms. The lowest BCUT2D eigenvalue weighted by molar-refractivity contribution is 0.0950. The van der Waals surface area contributed by atoms with Crippen LogP contribution in [0.3, 0.4) is 0 Å². The molecule has 0 saturated heterocycles. The summed E-state index contributed by atoms with van der Waals surface area (Å²) in [5, 5.41) is 2.93. The number of hydrogen-bond donors (Lipinski definition) is 1. The number of nitrogens with one attached hydrogen (secondary N) is 1. The fourth-order valence-corrected chi connectivity index (χ4v) is 2.28. The lowest BCUT2D eigenvalue weighted by atomic mass is 9.99. The Balaban J connectivity index is 1.96. The molecular weight excluding hydrogens is 282 g/mol. The standard InChI is InChI=1S/C17H13NO4/c1-9-4-3-5-11(6-9)18-13-8-14(20)12-7-15(10(2)19)22-17(12)16(13)21/h3-8,18H,1-2H3. The Labute approximate surface area is 126 Å². The van der Waals surface area contributed by atoms with Crippen molar-refractivity contribution in [3.05, 3.63) is 64.8 Å². The largest absolute Gasteiger partial charge is 0.449 e. The summed E-state index contributed by atoms with van der Waals surface area (Å²) in [6, 6.07) is 8.75. The summed E-state index contributed by atoms with van der Waals surface area (Å²) in [4.78, 5) is 35.8. The summed E-state index contributed by atoms with van der Waals surface area (Å²) in [6.07, 6.45) is 1.23. The van der Waals surface area contributed by atoms with Crippen LogP contribution in [0.25, 0.3) is 0 Å². The van der Waals surface area contributed by atoms with Crippen molar-refractivity contribution in [3.63, 3.8) is 0 Å². The summed E-state index contributed by atoms with van der Waals surface area (Å²) in [5.41, 5.74) is 1.99. The van der Waals surface area contributed by atoms with Crippen LogP contribution in [0.5, 0.6) is 0 Å². The van der Waals surface area contributed by atoms with Gasteiger partial charge in [0.2, 0.25) is 5.78 Å². The van der Waals surface area contributed by atoms with Gasteiger partial charge in [0, 0.05) is 18.7 Å². The molecule has 1 aliphatic carbocycles. The predicted molar refractivity (Wildman–Crippen MR) is 80.3 cm³/mol. The SMILES string of the molecule is CC(=O)c1cc2c(o1)C(=O)C(Nc1cccc(C)c1)=CC2=O. The smallest absolute Gasteiger partial charge is 0.245 e. The molecule has 0 unspecified atom stereocenters. The number of aryl methyl sites for hydroxylation is 1. The molecule has 1 N–H and O–H groups in total. The zero-order chi connectivity index (χ0) is 15.9. The number of rotatable bonds is 3. The molecule has 1 aromatic heterocycles. The van der Waals surface area contributed by atoms with Crippen molar-refractivity contribution >= 4 is 23.0 Å². The number of ketones is 3. The van der Waals surface area contributed by atoms with Crippen LogP contribution in [0.4, 0.5) is 5.69 Å². The van der Waals surface area contributed by atoms with Crippen LogP contribution in [0.2, 0.25) is 0 Å². The van der Waals surface area contributed by atoms with Gasteiger partial charge in [-0.2, -0.15) is 0 Å². The van der Waals surface area contributed by atoms with Crippen molar-refractivity contribution in [1.29, 1.82) is 0 Å². The summed E-state index contributed by atoms with van der Waals surface area (Å²) in [5.74, 6) is -1.21. The highest BCUT2D eigenvalue weighted by Gasteiger charge is 2.31. The highest BCUT2D eigenvalue weighted by Crippen LogP contribution is 2.26. The third-order valence-corrected chi connectivity index (χ3v) is 3.37. The lowest BCUT2D eigenvalue weighted by Gasteiger charge is -2.13. The molecule has 22 heavy (non-hydrogen) atoms. The Bertz CT molecular complexity index is 842. The van der Waals surface area contributed by atoms with Gasteiger partial charge >= 0.3 is 0 Å². The third-order valence-electron chi connectivity index (χ3n) is 3.37. The van der Waals surface area contributed by atoms with Gasteiger partial charge in [-0.3, -0.25) is 14.4 Å². The molecular formula is C17H13NO4. The minimum Gasteiger partial charge on any atom is -0.449 e. The van der Waals surface area contributed by atoms with E-state index in [9.17, 15) is 14.4 Å². The number of benzene rings is 1. The van der Waals surface area contributed by atoms with E-state index >= 15 is 0 Å². The molecule has 1 aliphatic rings. The summed E-state index contributed by atoms with van der Waals surface area (Å²) in [6.45, 7) is 3.25. The second kappa shape index (κ2) is 5.11. The Kier molecular flexibility index (Phi) is 3.25. The predicted octanol–water partition coefficient (Wildman–Crippen LogP) is 3.17. The van der Waals surface area contributed by atoms with Crippen LogP contribution in [-0.2, 0) is 0 Å². The fourth-order valence-electron chi connectivity index (χ4n) is 2.28. The average Bonchev–Trinajstić information content (AvgIpc) is 2.91. The quantitative estimate of drug-likeness (QED) is 0.880.